The fourth-order valence-electron chi connectivity index (χ4n) is 9.09. The van der Waals surface area contributed by atoms with E-state index >= 15 is 4.39 Å². The monoisotopic (exact) mass is 1590 g/mol. The predicted octanol–water partition coefficient (Wildman–Crippen LogP) is 15.2. The summed E-state index contributed by atoms with van der Waals surface area (Å²) in [6, 6.07) is 52.3. The number of esters is 1. The van der Waals surface area contributed by atoms with Crippen molar-refractivity contribution in [1.29, 1.82) is 5.26 Å². The number of hydrogen-bond donors (Lipinski definition) is 3. The molecule has 0 aliphatic carbocycles. The summed E-state index contributed by atoms with van der Waals surface area (Å²) in [5.74, 6) is -0.710. The third-order valence-electron chi connectivity index (χ3n) is 14.1. The van der Waals surface area contributed by atoms with Crippen LogP contribution in [0.15, 0.2) is 226 Å². The van der Waals surface area contributed by atoms with Gasteiger partial charge in [0, 0.05) is 48.4 Å². The molecule has 3 N–H and O–H groups in total. The number of benzene rings is 7. The molecule has 114 heavy (non-hydrogen) atoms. The number of nitrogens with zero attached hydrogens (tertiary/aromatic N) is 11. The SMILES string of the molecule is C.C.C.C.CNC(=O)/C(=N/OC)c1ccccc1CO/N=C(C)/C(=N/OC)C(/C)=N/OC.CNC(=O)/C(=N/OC)c1ccccc1Oc1ccccc1.CNC(=O)/C(=N/OC)c1ccccc1Oc1ncnc(Oc2cccc(Cl)c2C)c1F.CO/C=C(/C(=O)OC)c1ccccc1Oc1cc(Oc2ccccc2C#N)ncn1. The predicted molar refractivity (Wildman–Crippen MR) is 433 cm³/mol. The van der Waals surface area contributed by atoms with Crippen molar-refractivity contribution >= 4 is 75.1 Å². The molecule has 2 heterocycles. The number of rotatable bonds is 29. The Hall–Kier alpha value is -14.4. The Bertz CT molecular complexity index is 4890. The van der Waals surface area contributed by atoms with Gasteiger partial charge in [0.15, 0.2) is 22.8 Å². The van der Waals surface area contributed by atoms with E-state index in [4.69, 9.17) is 73.8 Å². The lowest BCUT2D eigenvalue weighted by Gasteiger charge is -2.13. The highest BCUT2D eigenvalue weighted by molar-refractivity contribution is 6.67. The number of hydrogen-bond acceptors (Lipinski definition) is 28. The Morgan fingerprint density at radius 1 is 0.482 bits per heavy atom. The van der Waals surface area contributed by atoms with Crippen LogP contribution in [0, 0.1) is 24.1 Å². The molecule has 0 radical (unpaired) electrons. The van der Waals surface area contributed by atoms with Gasteiger partial charge in [-0.25, -0.2) is 14.8 Å². The summed E-state index contributed by atoms with van der Waals surface area (Å²) in [6.07, 6.45) is 3.65. The van der Waals surface area contributed by atoms with Crippen molar-refractivity contribution in [3.05, 3.63) is 245 Å². The van der Waals surface area contributed by atoms with Crippen LogP contribution in [0.1, 0.15) is 82.5 Å². The van der Waals surface area contributed by atoms with Crippen molar-refractivity contribution in [1.82, 2.24) is 35.9 Å². The van der Waals surface area contributed by atoms with Crippen LogP contribution in [0.5, 0.6) is 58.0 Å². The Kier molecular flexibility index (Phi) is 42.9. The minimum absolute atomic E-state index is 0. The minimum atomic E-state index is -0.929. The van der Waals surface area contributed by atoms with E-state index in [-0.39, 0.29) is 99.8 Å². The molecule has 7 aromatic carbocycles. The maximum absolute atomic E-state index is 15.0. The molecule has 0 aliphatic heterocycles. The van der Waals surface area contributed by atoms with Crippen LogP contribution in [-0.2, 0) is 64.3 Å². The summed E-state index contributed by atoms with van der Waals surface area (Å²) in [6.45, 7) is 5.22. The van der Waals surface area contributed by atoms with Crippen molar-refractivity contribution in [2.75, 3.05) is 70.9 Å². The number of nitrogens with one attached hydrogen (secondary N) is 3. The minimum Gasteiger partial charge on any atom is -0.503 e. The summed E-state index contributed by atoms with van der Waals surface area (Å²) < 4.78 is 53.5. The van der Waals surface area contributed by atoms with E-state index in [2.05, 4.69) is 72.9 Å². The van der Waals surface area contributed by atoms with Gasteiger partial charge in [0.2, 0.25) is 17.6 Å². The van der Waals surface area contributed by atoms with E-state index in [0.717, 1.165) is 6.33 Å². The molecule has 9 rings (SSSR count). The third-order valence-corrected chi connectivity index (χ3v) is 14.6. The van der Waals surface area contributed by atoms with E-state index < -0.39 is 23.6 Å². The molecule has 0 unspecified atom stereocenters. The first-order valence-corrected chi connectivity index (χ1v) is 32.8. The van der Waals surface area contributed by atoms with Gasteiger partial charge in [0.05, 0.1) is 43.2 Å². The van der Waals surface area contributed by atoms with Crippen LogP contribution in [0.3, 0.4) is 0 Å². The van der Waals surface area contributed by atoms with Crippen LogP contribution in [0.2, 0.25) is 5.02 Å². The van der Waals surface area contributed by atoms with E-state index in [1.54, 1.807) is 142 Å². The summed E-state index contributed by atoms with van der Waals surface area (Å²) in [5.41, 5.74) is 5.27. The Balaban J connectivity index is 0.000000514. The fourth-order valence-corrected chi connectivity index (χ4v) is 9.26. The first-order valence-electron chi connectivity index (χ1n) is 32.4. The lowest BCUT2D eigenvalue weighted by molar-refractivity contribution is -0.133. The number of para-hydroxylation sites is 5. The molecule has 0 spiro atoms. The molecule has 602 valence electrons. The molecule has 0 bridgehead atoms. The molecule has 2 aromatic heterocycles. The number of nitriles is 1. The van der Waals surface area contributed by atoms with Gasteiger partial charge in [-0.1, -0.05) is 175 Å². The summed E-state index contributed by atoms with van der Waals surface area (Å²) in [4.78, 5) is 93.5. The number of carbonyl (C=O) groups is 4. The summed E-state index contributed by atoms with van der Waals surface area (Å²) >= 11 is 6.08. The standard InChI is InChI=1S/C22H17N3O5.C21H18ClFN4O4.C18H25N5O5.C16H16N2O3.4CH4/c1-27-13-17(22(26)28-2)16-8-4-6-10-19(16)30-21-11-20(24-14-25-21)29-18-9-5-3-7-15(18)12-23;1-12-14(22)8-6-10-15(12)30-20-17(23)21(26-11-25-20)31-16-9-5-4-7-13(16)18(27-29-3)19(28)24-2;1-12(20-25-4)16(22-26-5)13(2)21-28-11-14-9-7-8-10-15(14)17(23-27-6)18(24)19-3;1-17-16(19)15(18-20-2)13-10-6-7-11-14(13)21-12-8-4-3-5-9-12;;;;/h3-11,13-14H,1-2H3;4-11H,1-3H3,(H,24,28);7-10H,11H2,1-6H3,(H,19,24);3-11H,1-2H3,(H,17,19);4*1H4/b17-13+;27-18+;20-12+,21-13+,22-16+,23-17+;18-15+;;;;. The molecule has 3 amide bonds. The number of likely N-dealkylation sites (N-methyl/N-ethyl adjacent to an activating group) is 3. The third kappa shape index (κ3) is 28.0. The van der Waals surface area contributed by atoms with Crippen LogP contribution in [-0.4, -0.2) is 149 Å². The highest BCUT2D eigenvalue weighted by Crippen LogP contribution is 2.36. The summed E-state index contributed by atoms with van der Waals surface area (Å²) in [5, 5.41) is 40.3. The molecule has 33 heteroatoms. The van der Waals surface area contributed by atoms with Crippen molar-refractivity contribution in [2.24, 2.45) is 30.9 Å². The molecular weight excluding hydrogens is 1500 g/mol. The first kappa shape index (κ1) is 95.7. The Labute approximate surface area is 666 Å². The van der Waals surface area contributed by atoms with Gasteiger partial charge in [0.1, 0.15) is 112 Å². The van der Waals surface area contributed by atoms with E-state index in [1.165, 1.54) is 95.6 Å². The van der Waals surface area contributed by atoms with Crippen molar-refractivity contribution in [3.63, 3.8) is 0 Å². The number of halogens is 2. The topological polar surface area (TPSA) is 374 Å². The average Bonchev–Trinajstić information content (AvgIpc) is 0.806. The first-order chi connectivity index (χ1) is 53.4. The Morgan fingerprint density at radius 2 is 0.904 bits per heavy atom. The number of amides is 3. The van der Waals surface area contributed by atoms with Gasteiger partial charge >= 0.3 is 5.97 Å². The fraction of sp³-hybridized carbons (Fsp3) is 0.222. The van der Waals surface area contributed by atoms with E-state index in [0.29, 0.717) is 84.3 Å². The van der Waals surface area contributed by atoms with Crippen LogP contribution >= 0.6 is 11.6 Å². The van der Waals surface area contributed by atoms with Gasteiger partial charge in [-0.05, 0) is 87.5 Å². The zero-order chi connectivity index (χ0) is 79.7. The number of ether oxygens (including phenoxy) is 7. The van der Waals surface area contributed by atoms with Crippen LogP contribution < -0.4 is 39.6 Å². The second-order valence-electron chi connectivity index (χ2n) is 21.2. The molecule has 9 aromatic rings. The van der Waals surface area contributed by atoms with E-state index in [9.17, 15) is 24.4 Å². The number of carbonyl (C=O) groups excluding carboxylic acids is 4. The largest absolute Gasteiger partial charge is 0.503 e. The molecule has 0 saturated heterocycles. The van der Waals surface area contributed by atoms with Crippen molar-refractivity contribution in [2.45, 2.75) is 57.1 Å². The number of oxime groups is 6. The molecule has 0 aliphatic rings. The highest BCUT2D eigenvalue weighted by Gasteiger charge is 2.25. The number of methoxy groups -OCH3 is 2. The average molecular weight is 1590 g/mol. The van der Waals surface area contributed by atoms with Gasteiger partial charge in [0.25, 0.3) is 29.5 Å². The maximum atomic E-state index is 15.0. The maximum Gasteiger partial charge on any atom is 0.341 e. The number of aromatic nitrogens is 4. The van der Waals surface area contributed by atoms with Crippen LogP contribution in [0.25, 0.3) is 5.57 Å². The lowest BCUT2D eigenvalue weighted by atomic mass is 10.0. The Morgan fingerprint density at radius 3 is 1.41 bits per heavy atom. The van der Waals surface area contributed by atoms with Crippen molar-refractivity contribution < 1.29 is 85.8 Å². The van der Waals surface area contributed by atoms with Gasteiger partial charge in [-0.15, -0.1) is 0 Å². The van der Waals surface area contributed by atoms with Gasteiger partial charge in [-0.2, -0.15) is 19.6 Å². The van der Waals surface area contributed by atoms with Gasteiger partial charge in [-0.3, -0.25) is 14.4 Å². The molecule has 0 saturated carbocycles. The van der Waals surface area contributed by atoms with Gasteiger partial charge < -0.3 is 78.1 Å². The molecular formula is C81H92ClFN14O17. The zero-order valence-electron chi connectivity index (χ0n) is 61.8. The van der Waals surface area contributed by atoms with Crippen LogP contribution in [0.4, 0.5) is 4.39 Å². The second kappa shape index (κ2) is 51.1. The molecule has 31 nitrogen and oxygen atoms in total. The zero-order valence-corrected chi connectivity index (χ0v) is 62.6. The second-order valence-corrected chi connectivity index (χ2v) is 21.6. The molecule has 0 atom stereocenters. The van der Waals surface area contributed by atoms with E-state index in [1.807, 2.05) is 42.5 Å². The molecule has 0 fully saturated rings. The highest BCUT2D eigenvalue weighted by atomic mass is 35.5. The lowest BCUT2D eigenvalue weighted by Crippen LogP contribution is -2.29. The summed E-state index contributed by atoms with van der Waals surface area (Å²) in [7, 11) is 14.1. The normalized spacial score (nSPS) is 11.0. The quantitative estimate of drug-likeness (QED) is 0.0129. The van der Waals surface area contributed by atoms with Crippen molar-refractivity contribution in [3.8, 4) is 64.1 Å². The smallest absolute Gasteiger partial charge is 0.341 e.